The number of carbonyl (C=O) groups excluding carboxylic acids is 3. The predicted molar refractivity (Wildman–Crippen MR) is 82.0 cm³/mol. The lowest BCUT2D eigenvalue weighted by molar-refractivity contribution is -0.145. The lowest BCUT2D eigenvalue weighted by Crippen LogP contribution is -2.53. The van der Waals surface area contributed by atoms with Gasteiger partial charge in [0.05, 0.1) is 0 Å². The van der Waals surface area contributed by atoms with Gasteiger partial charge in [-0.25, -0.2) is 0 Å². The van der Waals surface area contributed by atoms with Crippen molar-refractivity contribution in [1.82, 2.24) is 0 Å². The van der Waals surface area contributed by atoms with Crippen molar-refractivity contribution in [2.45, 2.75) is 46.0 Å². The molecule has 0 heterocycles. The molecule has 0 saturated heterocycles. The minimum Gasteiger partial charge on any atom is -0.299 e. The van der Waals surface area contributed by atoms with Gasteiger partial charge >= 0.3 is 0 Å². The molecule has 0 N–H and O–H groups in total. The number of carbonyl (C=O) groups is 3. The molecule has 3 nitrogen and oxygen atoms in total. The first-order chi connectivity index (χ1) is 10.4. The van der Waals surface area contributed by atoms with E-state index in [1.165, 1.54) is 0 Å². The summed E-state index contributed by atoms with van der Waals surface area (Å²) in [4.78, 5) is 37.0. The summed E-state index contributed by atoms with van der Waals surface area (Å²) in [6.07, 6.45) is 9.11. The molecule has 4 rings (SSSR count). The summed E-state index contributed by atoms with van der Waals surface area (Å²) in [5, 5.41) is 0. The Morgan fingerprint density at radius 3 is 2.64 bits per heavy atom. The first kappa shape index (κ1) is 14.1. The summed E-state index contributed by atoms with van der Waals surface area (Å²) in [6, 6.07) is 0. The first-order valence-corrected chi connectivity index (χ1v) is 8.35. The summed E-state index contributed by atoms with van der Waals surface area (Å²) in [5.41, 5.74) is 0.341. The van der Waals surface area contributed by atoms with Crippen molar-refractivity contribution in [2.24, 2.45) is 28.6 Å². The van der Waals surface area contributed by atoms with Crippen LogP contribution in [-0.4, -0.2) is 17.3 Å². The molecule has 5 unspecified atom stereocenters. The number of allylic oxidation sites excluding steroid dienone is 4. The Balaban J connectivity index is 1.83. The van der Waals surface area contributed by atoms with E-state index in [1.54, 1.807) is 6.08 Å². The van der Waals surface area contributed by atoms with Gasteiger partial charge in [-0.2, -0.15) is 0 Å². The lowest BCUT2D eigenvalue weighted by Gasteiger charge is -2.53. The zero-order chi connectivity index (χ0) is 15.7. The quantitative estimate of drug-likeness (QED) is 0.690. The van der Waals surface area contributed by atoms with E-state index in [0.29, 0.717) is 19.3 Å². The topological polar surface area (TPSA) is 51.2 Å². The van der Waals surface area contributed by atoms with Crippen molar-refractivity contribution in [3.63, 3.8) is 0 Å². The van der Waals surface area contributed by atoms with Crippen molar-refractivity contribution in [1.29, 1.82) is 0 Å². The molecule has 0 aromatic heterocycles. The van der Waals surface area contributed by atoms with Gasteiger partial charge in [0.1, 0.15) is 11.6 Å². The highest BCUT2D eigenvalue weighted by molar-refractivity contribution is 5.97. The van der Waals surface area contributed by atoms with E-state index in [4.69, 9.17) is 0 Å². The monoisotopic (exact) mass is 298 g/mol. The standard InChI is InChI=1S/C19H22O3/c1-18-8-7-12(20)9-11(18)3-4-13-14-5-6-16(22)19(14,2)10-15(21)17(13)18/h3-4,9,13-14,17H,5-8,10H2,1-2H3. The zero-order valence-electron chi connectivity index (χ0n) is 13.2. The molecule has 0 spiro atoms. The fourth-order valence-corrected chi connectivity index (χ4v) is 5.61. The maximum atomic E-state index is 13.0. The molecule has 116 valence electrons. The van der Waals surface area contributed by atoms with Gasteiger partial charge in [0.25, 0.3) is 0 Å². The Morgan fingerprint density at radius 1 is 1.09 bits per heavy atom. The fraction of sp³-hybridized carbons (Fsp3) is 0.632. The van der Waals surface area contributed by atoms with Crippen LogP contribution in [0.15, 0.2) is 23.8 Å². The highest BCUT2D eigenvalue weighted by Gasteiger charge is 2.61. The van der Waals surface area contributed by atoms with E-state index < -0.39 is 5.41 Å². The molecule has 0 aromatic rings. The van der Waals surface area contributed by atoms with Crippen molar-refractivity contribution in [3.8, 4) is 0 Å². The number of fused-ring (bicyclic) bond motifs is 5. The van der Waals surface area contributed by atoms with Gasteiger partial charge in [0.15, 0.2) is 5.78 Å². The van der Waals surface area contributed by atoms with Crippen molar-refractivity contribution >= 4 is 17.3 Å². The predicted octanol–water partition coefficient (Wildman–Crippen LogP) is 3.04. The van der Waals surface area contributed by atoms with E-state index in [2.05, 4.69) is 19.1 Å². The lowest BCUT2D eigenvalue weighted by atomic mass is 9.49. The van der Waals surface area contributed by atoms with Gasteiger partial charge in [-0.3, -0.25) is 14.4 Å². The second-order valence-electron chi connectivity index (χ2n) is 8.03. The van der Waals surface area contributed by atoms with E-state index in [1.807, 2.05) is 6.92 Å². The van der Waals surface area contributed by atoms with Crippen LogP contribution in [0, 0.1) is 28.6 Å². The summed E-state index contributed by atoms with van der Waals surface area (Å²) in [6.45, 7) is 4.14. The molecule has 0 radical (unpaired) electrons. The van der Waals surface area contributed by atoms with Crippen LogP contribution in [-0.2, 0) is 14.4 Å². The molecule has 0 aliphatic heterocycles. The Hall–Kier alpha value is -1.51. The average molecular weight is 298 g/mol. The average Bonchev–Trinajstić information content (AvgIpc) is 2.75. The van der Waals surface area contributed by atoms with Crippen LogP contribution in [0.3, 0.4) is 0 Å². The molecule has 0 amide bonds. The molecule has 2 saturated carbocycles. The van der Waals surface area contributed by atoms with Crippen molar-refractivity contribution in [3.05, 3.63) is 23.8 Å². The third-order valence-corrected chi connectivity index (χ3v) is 6.93. The molecule has 0 aromatic carbocycles. The van der Waals surface area contributed by atoms with Crippen molar-refractivity contribution in [2.75, 3.05) is 0 Å². The van der Waals surface area contributed by atoms with Crippen LogP contribution in [0.25, 0.3) is 0 Å². The number of Topliss-reactive ketones (excluding diaryl/α,β-unsaturated/α-hetero) is 2. The zero-order valence-corrected chi connectivity index (χ0v) is 13.2. The summed E-state index contributed by atoms with van der Waals surface area (Å²) in [5.74, 6) is 1.05. The molecule has 2 fully saturated rings. The van der Waals surface area contributed by atoms with Crippen LogP contribution in [0.4, 0.5) is 0 Å². The smallest absolute Gasteiger partial charge is 0.156 e. The Bertz CT molecular complexity index is 656. The van der Waals surface area contributed by atoms with E-state index in [9.17, 15) is 14.4 Å². The summed E-state index contributed by atoms with van der Waals surface area (Å²) >= 11 is 0. The van der Waals surface area contributed by atoms with Crippen LogP contribution >= 0.6 is 0 Å². The fourth-order valence-electron chi connectivity index (χ4n) is 5.61. The summed E-state index contributed by atoms with van der Waals surface area (Å²) in [7, 11) is 0. The van der Waals surface area contributed by atoms with Crippen LogP contribution in [0.5, 0.6) is 0 Å². The third-order valence-electron chi connectivity index (χ3n) is 6.93. The number of rotatable bonds is 0. The Kier molecular flexibility index (Phi) is 2.74. The second kappa shape index (κ2) is 4.27. The molecular weight excluding hydrogens is 276 g/mol. The molecule has 3 heteroatoms. The highest BCUT2D eigenvalue weighted by Crippen LogP contribution is 2.61. The number of hydrogen-bond donors (Lipinski definition) is 0. The first-order valence-electron chi connectivity index (χ1n) is 8.35. The minimum atomic E-state index is -0.454. The van der Waals surface area contributed by atoms with Gasteiger partial charge in [0.2, 0.25) is 0 Å². The van der Waals surface area contributed by atoms with Crippen LogP contribution in [0.2, 0.25) is 0 Å². The Morgan fingerprint density at radius 2 is 1.86 bits per heavy atom. The molecule has 4 aliphatic rings. The Labute approximate surface area is 130 Å². The van der Waals surface area contributed by atoms with Crippen molar-refractivity contribution < 1.29 is 14.4 Å². The van der Waals surface area contributed by atoms with E-state index in [-0.39, 0.29) is 40.5 Å². The molecular formula is C19H22O3. The largest absolute Gasteiger partial charge is 0.299 e. The van der Waals surface area contributed by atoms with Gasteiger partial charge in [0, 0.05) is 36.0 Å². The summed E-state index contributed by atoms with van der Waals surface area (Å²) < 4.78 is 0. The van der Waals surface area contributed by atoms with E-state index in [0.717, 1.165) is 18.4 Å². The maximum absolute atomic E-state index is 13.0. The van der Waals surface area contributed by atoms with E-state index >= 15 is 0 Å². The molecule has 5 atom stereocenters. The third kappa shape index (κ3) is 1.60. The number of ketones is 3. The van der Waals surface area contributed by atoms with Crippen LogP contribution < -0.4 is 0 Å². The van der Waals surface area contributed by atoms with Gasteiger partial charge in [-0.1, -0.05) is 26.0 Å². The highest BCUT2D eigenvalue weighted by atomic mass is 16.1. The molecule has 0 bridgehead atoms. The number of hydrogen-bond acceptors (Lipinski definition) is 3. The SMILES string of the molecule is CC12CC(=O)C3C(C=CC4=CC(=O)CCC43C)C1CCC2=O. The van der Waals surface area contributed by atoms with Gasteiger partial charge in [-0.05, 0) is 36.3 Å². The normalized spacial score (nSPS) is 46.9. The second-order valence-corrected chi connectivity index (χ2v) is 8.03. The molecule has 22 heavy (non-hydrogen) atoms. The van der Waals surface area contributed by atoms with Gasteiger partial charge < -0.3 is 0 Å². The van der Waals surface area contributed by atoms with Crippen LogP contribution in [0.1, 0.15) is 46.0 Å². The van der Waals surface area contributed by atoms with Gasteiger partial charge in [-0.15, -0.1) is 0 Å². The molecule has 4 aliphatic carbocycles. The maximum Gasteiger partial charge on any atom is 0.156 e. The minimum absolute atomic E-state index is 0.0548.